The lowest BCUT2D eigenvalue weighted by atomic mass is 10.1. The van der Waals surface area contributed by atoms with Crippen LogP contribution in [0.15, 0.2) is 30.3 Å². The summed E-state index contributed by atoms with van der Waals surface area (Å²) < 4.78 is 0. The smallest absolute Gasteiger partial charge is 0.394 e. The molecule has 76 valence electrons. The quantitative estimate of drug-likeness (QED) is 0.643. The van der Waals surface area contributed by atoms with E-state index in [2.05, 4.69) is 0 Å². The van der Waals surface area contributed by atoms with E-state index in [9.17, 15) is 9.59 Å². The molecule has 0 fully saturated rings. The van der Waals surface area contributed by atoms with E-state index >= 15 is 0 Å². The van der Waals surface area contributed by atoms with Crippen LogP contribution in [0.4, 0.5) is 5.69 Å². The monoisotopic (exact) mass is 203 g/mol. The number of benzene rings is 1. The highest BCUT2D eigenvalue weighted by atomic mass is 16.4. The lowest BCUT2D eigenvalue weighted by molar-refractivity contribution is -0.148. The molecule has 1 aliphatic heterocycles. The number of carbonyl (C=O) groups excluding carboxylic acids is 1. The first-order valence-electron chi connectivity index (χ1n) is 4.50. The summed E-state index contributed by atoms with van der Waals surface area (Å²) in [5.41, 5.74) is 1.51. The summed E-state index contributed by atoms with van der Waals surface area (Å²) in [4.78, 5) is 23.2. The molecular weight excluding hydrogens is 194 g/mol. The molecule has 0 unspecified atom stereocenters. The van der Waals surface area contributed by atoms with Gasteiger partial charge in [0.1, 0.15) is 0 Å². The van der Waals surface area contributed by atoms with E-state index in [-0.39, 0.29) is 0 Å². The Labute approximate surface area is 86.4 Å². The largest absolute Gasteiger partial charge is 0.474 e. The molecule has 4 nitrogen and oxygen atoms in total. The van der Waals surface area contributed by atoms with Crippen LogP contribution >= 0.6 is 0 Å². The van der Waals surface area contributed by atoms with Gasteiger partial charge in [-0.25, -0.2) is 4.79 Å². The number of rotatable bonds is 0. The zero-order valence-electron chi connectivity index (χ0n) is 7.88. The third kappa shape index (κ3) is 1.61. The van der Waals surface area contributed by atoms with Crippen molar-refractivity contribution in [3.05, 3.63) is 35.9 Å². The fraction of sp³-hybridized carbons (Fsp3) is 0.0909. The third-order valence-electron chi connectivity index (χ3n) is 2.24. The molecule has 1 amide bonds. The van der Waals surface area contributed by atoms with Crippen LogP contribution in [-0.2, 0) is 9.59 Å². The van der Waals surface area contributed by atoms with E-state index in [0.29, 0.717) is 12.2 Å². The van der Waals surface area contributed by atoms with Crippen LogP contribution in [0.2, 0.25) is 0 Å². The number of carbonyl (C=O) groups is 2. The summed E-state index contributed by atoms with van der Waals surface area (Å²) in [6.45, 7) is 0.308. The lowest BCUT2D eigenvalue weighted by Crippen LogP contribution is -2.38. The van der Waals surface area contributed by atoms with Crippen LogP contribution in [0.3, 0.4) is 0 Å². The number of anilines is 1. The zero-order chi connectivity index (χ0) is 10.8. The summed E-state index contributed by atoms with van der Waals surface area (Å²) in [6.07, 6.45) is 3.64. The number of nitrogens with zero attached hydrogens (tertiary/aromatic N) is 1. The normalized spacial score (nSPS) is 13.5. The van der Waals surface area contributed by atoms with Crippen LogP contribution in [0.1, 0.15) is 5.56 Å². The molecule has 2 rings (SSSR count). The first-order chi connectivity index (χ1) is 7.20. The minimum Gasteiger partial charge on any atom is -0.474 e. The predicted molar refractivity (Wildman–Crippen MR) is 55.5 cm³/mol. The van der Waals surface area contributed by atoms with Gasteiger partial charge in [-0.3, -0.25) is 9.69 Å². The van der Waals surface area contributed by atoms with Gasteiger partial charge >= 0.3 is 11.9 Å². The molecule has 0 saturated carbocycles. The van der Waals surface area contributed by atoms with Crippen molar-refractivity contribution >= 4 is 23.6 Å². The minimum atomic E-state index is -1.43. The van der Waals surface area contributed by atoms with Gasteiger partial charge in [0.05, 0.1) is 5.69 Å². The maximum absolute atomic E-state index is 11.4. The van der Waals surface area contributed by atoms with Crippen LogP contribution in [0, 0.1) is 0 Å². The second-order valence-corrected chi connectivity index (χ2v) is 3.18. The molecule has 0 atom stereocenters. The number of carboxylic acids is 1. The maximum atomic E-state index is 11.4. The van der Waals surface area contributed by atoms with Crippen molar-refractivity contribution in [2.75, 3.05) is 11.4 Å². The van der Waals surface area contributed by atoms with E-state index in [1.807, 2.05) is 18.2 Å². The fourth-order valence-corrected chi connectivity index (χ4v) is 1.57. The van der Waals surface area contributed by atoms with E-state index in [1.54, 1.807) is 18.2 Å². The molecule has 1 aromatic carbocycles. The Morgan fingerprint density at radius 2 is 2.00 bits per heavy atom. The Balaban J connectivity index is 2.42. The second kappa shape index (κ2) is 3.57. The van der Waals surface area contributed by atoms with Gasteiger partial charge in [0.15, 0.2) is 0 Å². The van der Waals surface area contributed by atoms with Crippen LogP contribution in [-0.4, -0.2) is 23.5 Å². The standard InChI is InChI=1S/C11H9NO3/c13-10(11(14)15)12-7-3-5-8-4-1-2-6-9(8)12/h1-6H,7H2,(H,14,15). The molecule has 0 radical (unpaired) electrons. The highest BCUT2D eigenvalue weighted by Gasteiger charge is 2.24. The topological polar surface area (TPSA) is 57.6 Å². The Hall–Kier alpha value is -2.10. The van der Waals surface area contributed by atoms with Crippen molar-refractivity contribution < 1.29 is 14.7 Å². The predicted octanol–water partition coefficient (Wildman–Crippen LogP) is 1.13. The summed E-state index contributed by atoms with van der Waals surface area (Å²) >= 11 is 0. The third-order valence-corrected chi connectivity index (χ3v) is 2.24. The molecule has 0 aromatic heterocycles. The molecule has 0 saturated heterocycles. The van der Waals surface area contributed by atoms with Crippen molar-refractivity contribution in [2.45, 2.75) is 0 Å². The molecule has 1 heterocycles. The fourth-order valence-electron chi connectivity index (χ4n) is 1.57. The van der Waals surface area contributed by atoms with Gasteiger partial charge in [-0.1, -0.05) is 30.4 Å². The van der Waals surface area contributed by atoms with Gasteiger partial charge < -0.3 is 5.11 Å². The molecule has 0 bridgehead atoms. The minimum absolute atomic E-state index is 0.308. The molecule has 1 N–H and O–H groups in total. The van der Waals surface area contributed by atoms with Gasteiger partial charge in [-0.2, -0.15) is 0 Å². The number of carboxylic acid groups (broad SMARTS) is 1. The molecule has 15 heavy (non-hydrogen) atoms. The average Bonchev–Trinajstić information content (AvgIpc) is 2.27. The molecule has 1 aliphatic rings. The number of para-hydroxylation sites is 1. The van der Waals surface area contributed by atoms with Crippen molar-refractivity contribution in [1.82, 2.24) is 0 Å². The van der Waals surface area contributed by atoms with Crippen molar-refractivity contribution in [3.63, 3.8) is 0 Å². The van der Waals surface area contributed by atoms with Crippen LogP contribution in [0.25, 0.3) is 6.08 Å². The summed E-state index contributed by atoms with van der Waals surface area (Å²) in [7, 11) is 0. The summed E-state index contributed by atoms with van der Waals surface area (Å²) in [6, 6.07) is 7.20. The van der Waals surface area contributed by atoms with Gasteiger partial charge in [-0.15, -0.1) is 0 Å². The van der Waals surface area contributed by atoms with Gasteiger partial charge in [0.2, 0.25) is 0 Å². The van der Waals surface area contributed by atoms with Crippen molar-refractivity contribution in [2.24, 2.45) is 0 Å². The molecule has 0 aliphatic carbocycles. The van der Waals surface area contributed by atoms with Crippen molar-refractivity contribution in [3.8, 4) is 0 Å². The molecular formula is C11H9NO3. The number of aliphatic carboxylic acids is 1. The Morgan fingerprint density at radius 1 is 1.27 bits per heavy atom. The SMILES string of the molecule is O=C(O)C(=O)N1CC=Cc2ccccc21. The second-order valence-electron chi connectivity index (χ2n) is 3.18. The molecule has 0 spiro atoms. The highest BCUT2D eigenvalue weighted by molar-refractivity contribution is 6.37. The van der Waals surface area contributed by atoms with E-state index < -0.39 is 11.9 Å². The van der Waals surface area contributed by atoms with Crippen LogP contribution < -0.4 is 4.90 Å². The number of fused-ring (bicyclic) bond motifs is 1. The lowest BCUT2D eigenvalue weighted by Gasteiger charge is -2.24. The number of hydrogen-bond donors (Lipinski definition) is 1. The van der Waals surface area contributed by atoms with Crippen molar-refractivity contribution in [1.29, 1.82) is 0 Å². The van der Waals surface area contributed by atoms with Gasteiger partial charge in [0.25, 0.3) is 0 Å². The Bertz CT molecular complexity index is 451. The number of hydrogen-bond acceptors (Lipinski definition) is 2. The molecule has 4 heteroatoms. The first kappa shape index (κ1) is 9.45. The molecule has 1 aromatic rings. The zero-order valence-corrected chi connectivity index (χ0v) is 7.88. The summed E-state index contributed by atoms with van der Waals surface area (Å²) in [5.74, 6) is -2.33. The Kier molecular flexibility index (Phi) is 2.25. The van der Waals surface area contributed by atoms with E-state index in [4.69, 9.17) is 5.11 Å². The van der Waals surface area contributed by atoms with E-state index in [1.165, 1.54) is 4.90 Å². The van der Waals surface area contributed by atoms with E-state index in [0.717, 1.165) is 5.56 Å². The maximum Gasteiger partial charge on any atom is 0.394 e. The number of amides is 1. The summed E-state index contributed by atoms with van der Waals surface area (Å²) in [5, 5.41) is 8.64. The van der Waals surface area contributed by atoms with Crippen LogP contribution in [0.5, 0.6) is 0 Å². The highest BCUT2D eigenvalue weighted by Crippen LogP contribution is 2.25. The Morgan fingerprint density at radius 3 is 2.73 bits per heavy atom. The van der Waals surface area contributed by atoms with Gasteiger partial charge in [-0.05, 0) is 11.6 Å². The average molecular weight is 203 g/mol. The van der Waals surface area contributed by atoms with Gasteiger partial charge in [0, 0.05) is 6.54 Å². The first-order valence-corrected chi connectivity index (χ1v) is 4.50.